The first-order chi connectivity index (χ1) is 12.2. The molecule has 0 aliphatic rings. The Morgan fingerprint density at radius 3 is 2.64 bits per heavy atom. The second-order valence-corrected chi connectivity index (χ2v) is 6.61. The third-order valence-corrected chi connectivity index (χ3v) is 4.45. The number of ether oxygens (including phenoxy) is 1. The van der Waals surface area contributed by atoms with E-state index in [4.69, 9.17) is 4.74 Å². The van der Waals surface area contributed by atoms with Crippen LogP contribution in [0.4, 0.5) is 0 Å². The number of benzene rings is 1. The molecule has 0 bridgehead atoms. The number of aromatic nitrogens is 2. The number of aryl methyl sites for hydroxylation is 1. The number of nitrogens with zero attached hydrogens (tertiary/aromatic N) is 2. The quantitative estimate of drug-likeness (QED) is 0.662. The van der Waals surface area contributed by atoms with Gasteiger partial charge in [-0.3, -0.25) is 4.79 Å². The predicted molar refractivity (Wildman–Crippen MR) is 98.7 cm³/mol. The maximum atomic E-state index is 11.8. The minimum atomic E-state index is -0.00754. The van der Waals surface area contributed by atoms with Gasteiger partial charge in [-0.1, -0.05) is 35.9 Å². The molecule has 1 N–H and O–H groups in total. The highest BCUT2D eigenvalue weighted by Gasteiger charge is 2.05. The zero-order valence-electron chi connectivity index (χ0n) is 13.9. The smallest absolute Gasteiger partial charge is 0.233 e. The molecule has 2 aromatic heterocycles. The summed E-state index contributed by atoms with van der Waals surface area (Å²) in [6.45, 7) is 2.84. The summed E-state index contributed by atoms with van der Waals surface area (Å²) < 4.78 is 5.52. The third kappa shape index (κ3) is 5.12. The van der Waals surface area contributed by atoms with Crippen LogP contribution in [0.2, 0.25) is 0 Å². The van der Waals surface area contributed by atoms with Gasteiger partial charge in [0.2, 0.25) is 11.8 Å². The molecule has 0 radical (unpaired) electrons. The number of rotatable bonds is 7. The van der Waals surface area contributed by atoms with Gasteiger partial charge in [-0.25, -0.2) is 0 Å². The van der Waals surface area contributed by atoms with Gasteiger partial charge >= 0.3 is 0 Å². The Balaban J connectivity index is 1.43. The maximum absolute atomic E-state index is 11.8. The van der Waals surface area contributed by atoms with E-state index in [-0.39, 0.29) is 5.91 Å². The SMILES string of the molecule is Cc1ccc(-c2ccc(OCCNC(=O)Cc3cccs3)nn2)cc1. The standard InChI is InChI=1S/C19H19N3O2S/c1-14-4-6-15(7-5-14)17-8-9-19(22-21-17)24-11-10-20-18(23)13-16-3-2-12-25-16/h2-9,12H,10-11,13H2,1H3,(H,20,23). The van der Waals surface area contributed by atoms with Crippen molar-refractivity contribution in [2.45, 2.75) is 13.3 Å². The van der Waals surface area contributed by atoms with Crippen LogP contribution in [0.1, 0.15) is 10.4 Å². The Morgan fingerprint density at radius 2 is 1.96 bits per heavy atom. The van der Waals surface area contributed by atoms with Crippen LogP contribution in [-0.2, 0) is 11.2 Å². The molecule has 0 spiro atoms. The minimum absolute atomic E-state index is 0.00754. The van der Waals surface area contributed by atoms with Gasteiger partial charge < -0.3 is 10.1 Å². The summed E-state index contributed by atoms with van der Waals surface area (Å²) in [5, 5.41) is 13.0. The molecule has 5 nitrogen and oxygen atoms in total. The van der Waals surface area contributed by atoms with Crippen LogP contribution in [0.5, 0.6) is 5.88 Å². The molecule has 1 amide bonds. The fraction of sp³-hybridized carbons (Fsp3) is 0.211. The van der Waals surface area contributed by atoms with Gasteiger partial charge in [0.15, 0.2) is 0 Å². The molecule has 2 heterocycles. The molecule has 0 unspecified atom stereocenters. The molecule has 0 fully saturated rings. The van der Waals surface area contributed by atoms with E-state index in [1.807, 2.05) is 54.8 Å². The van der Waals surface area contributed by atoms with Crippen LogP contribution >= 0.6 is 11.3 Å². The second-order valence-electron chi connectivity index (χ2n) is 5.58. The predicted octanol–water partition coefficient (Wildman–Crippen LogP) is 3.25. The maximum Gasteiger partial charge on any atom is 0.233 e. The lowest BCUT2D eigenvalue weighted by atomic mass is 10.1. The molecule has 1 aromatic carbocycles. The van der Waals surface area contributed by atoms with Crippen LogP contribution in [0.15, 0.2) is 53.9 Å². The summed E-state index contributed by atoms with van der Waals surface area (Å²) in [6, 6.07) is 15.7. The number of thiophene rings is 1. The van der Waals surface area contributed by atoms with Crippen LogP contribution in [-0.4, -0.2) is 29.3 Å². The summed E-state index contributed by atoms with van der Waals surface area (Å²) in [4.78, 5) is 12.8. The molecule has 3 rings (SSSR count). The average molecular weight is 353 g/mol. The summed E-state index contributed by atoms with van der Waals surface area (Å²) in [6.07, 6.45) is 0.405. The molecule has 0 saturated heterocycles. The van der Waals surface area contributed by atoms with Crippen molar-refractivity contribution in [3.8, 4) is 17.1 Å². The second kappa shape index (κ2) is 8.39. The number of hydrogen-bond donors (Lipinski definition) is 1. The summed E-state index contributed by atoms with van der Waals surface area (Å²) in [7, 11) is 0. The third-order valence-electron chi connectivity index (χ3n) is 3.58. The summed E-state index contributed by atoms with van der Waals surface area (Å²) >= 11 is 1.58. The van der Waals surface area contributed by atoms with Crippen molar-refractivity contribution < 1.29 is 9.53 Å². The van der Waals surface area contributed by atoms with Crippen molar-refractivity contribution in [2.24, 2.45) is 0 Å². The van der Waals surface area contributed by atoms with E-state index in [1.54, 1.807) is 17.4 Å². The first-order valence-corrected chi connectivity index (χ1v) is 8.91. The lowest BCUT2D eigenvalue weighted by Crippen LogP contribution is -2.29. The molecular formula is C19H19N3O2S. The normalized spacial score (nSPS) is 10.4. The van der Waals surface area contributed by atoms with Crippen molar-refractivity contribution in [2.75, 3.05) is 13.2 Å². The van der Waals surface area contributed by atoms with Crippen molar-refractivity contribution in [3.05, 3.63) is 64.4 Å². The van der Waals surface area contributed by atoms with E-state index >= 15 is 0 Å². The average Bonchev–Trinajstić information content (AvgIpc) is 3.13. The van der Waals surface area contributed by atoms with E-state index in [2.05, 4.69) is 15.5 Å². The monoisotopic (exact) mass is 353 g/mol. The van der Waals surface area contributed by atoms with E-state index in [1.165, 1.54) is 5.56 Å². The van der Waals surface area contributed by atoms with Crippen LogP contribution < -0.4 is 10.1 Å². The van der Waals surface area contributed by atoms with Gasteiger partial charge in [0.1, 0.15) is 6.61 Å². The largest absolute Gasteiger partial charge is 0.475 e. The zero-order valence-corrected chi connectivity index (χ0v) is 14.8. The molecule has 0 saturated carbocycles. The van der Waals surface area contributed by atoms with Gasteiger partial charge in [0, 0.05) is 16.5 Å². The molecule has 6 heteroatoms. The molecule has 0 aliphatic heterocycles. The number of hydrogen-bond acceptors (Lipinski definition) is 5. The van der Waals surface area contributed by atoms with Gasteiger partial charge in [-0.15, -0.1) is 21.5 Å². The highest BCUT2D eigenvalue weighted by atomic mass is 32.1. The first-order valence-electron chi connectivity index (χ1n) is 8.03. The fourth-order valence-corrected chi connectivity index (χ4v) is 2.96. The van der Waals surface area contributed by atoms with Crippen LogP contribution in [0.25, 0.3) is 11.3 Å². The van der Waals surface area contributed by atoms with Gasteiger partial charge in [0.05, 0.1) is 18.7 Å². The fourth-order valence-electron chi connectivity index (χ4n) is 2.26. The topological polar surface area (TPSA) is 64.1 Å². The molecule has 3 aromatic rings. The summed E-state index contributed by atoms with van der Waals surface area (Å²) in [5.41, 5.74) is 3.03. The van der Waals surface area contributed by atoms with E-state index in [9.17, 15) is 4.79 Å². The number of carbonyl (C=O) groups excluding carboxylic acids is 1. The van der Waals surface area contributed by atoms with E-state index < -0.39 is 0 Å². The zero-order chi connectivity index (χ0) is 17.5. The van der Waals surface area contributed by atoms with E-state index in [0.29, 0.717) is 25.5 Å². The lowest BCUT2D eigenvalue weighted by molar-refractivity contribution is -0.120. The van der Waals surface area contributed by atoms with E-state index in [0.717, 1.165) is 16.1 Å². The number of amides is 1. The van der Waals surface area contributed by atoms with Crippen LogP contribution in [0, 0.1) is 6.92 Å². The van der Waals surface area contributed by atoms with Crippen molar-refractivity contribution in [3.63, 3.8) is 0 Å². The Bertz CT molecular complexity index is 800. The highest BCUT2D eigenvalue weighted by Crippen LogP contribution is 2.18. The molecular weight excluding hydrogens is 334 g/mol. The molecule has 0 atom stereocenters. The number of carbonyl (C=O) groups is 1. The van der Waals surface area contributed by atoms with Gasteiger partial charge in [-0.2, -0.15) is 0 Å². The number of nitrogens with one attached hydrogen (secondary N) is 1. The molecule has 128 valence electrons. The Kier molecular flexibility index (Phi) is 5.74. The van der Waals surface area contributed by atoms with Crippen molar-refractivity contribution in [1.82, 2.24) is 15.5 Å². The highest BCUT2D eigenvalue weighted by molar-refractivity contribution is 7.10. The first kappa shape index (κ1) is 17.1. The minimum Gasteiger partial charge on any atom is -0.475 e. The van der Waals surface area contributed by atoms with Crippen LogP contribution in [0.3, 0.4) is 0 Å². The summed E-state index contributed by atoms with van der Waals surface area (Å²) in [5.74, 6) is 0.440. The lowest BCUT2D eigenvalue weighted by Gasteiger charge is -2.07. The van der Waals surface area contributed by atoms with Gasteiger partial charge in [0.25, 0.3) is 0 Å². The Hall–Kier alpha value is -2.73. The Morgan fingerprint density at radius 1 is 1.12 bits per heavy atom. The Labute approximate surface area is 150 Å². The molecule has 25 heavy (non-hydrogen) atoms. The van der Waals surface area contributed by atoms with Crippen molar-refractivity contribution >= 4 is 17.2 Å². The van der Waals surface area contributed by atoms with Crippen molar-refractivity contribution in [1.29, 1.82) is 0 Å². The van der Waals surface area contributed by atoms with Gasteiger partial charge in [-0.05, 0) is 24.4 Å². The molecule has 0 aliphatic carbocycles.